The lowest BCUT2D eigenvalue weighted by atomic mass is 10.1. The van der Waals surface area contributed by atoms with Crippen LogP contribution in [-0.4, -0.2) is 79.5 Å². The van der Waals surface area contributed by atoms with Gasteiger partial charge in [-0.25, -0.2) is 8.42 Å². The number of nitrogens with zero attached hydrogens (tertiary/aromatic N) is 5. The van der Waals surface area contributed by atoms with Gasteiger partial charge in [0, 0.05) is 44.5 Å². The Labute approximate surface area is 244 Å². The molecule has 0 saturated carbocycles. The number of carbonyl (C=O) groups excluding carboxylic acids is 1. The van der Waals surface area contributed by atoms with E-state index in [2.05, 4.69) is 25.8 Å². The number of sulfonamides is 1. The number of terminal acetylenes is 1. The molecule has 0 bridgehead atoms. The van der Waals surface area contributed by atoms with E-state index in [4.69, 9.17) is 20.4 Å². The zero-order chi connectivity index (χ0) is 29.9. The minimum absolute atomic E-state index is 0.00788. The molecule has 1 saturated heterocycles. The Morgan fingerprint density at radius 1 is 1.05 bits per heavy atom. The van der Waals surface area contributed by atoms with E-state index in [-0.39, 0.29) is 22.4 Å². The van der Waals surface area contributed by atoms with Crippen molar-refractivity contribution in [1.82, 2.24) is 24.7 Å². The van der Waals surface area contributed by atoms with Crippen LogP contribution in [0.1, 0.15) is 23.6 Å². The summed E-state index contributed by atoms with van der Waals surface area (Å²) in [5.41, 5.74) is 3.09. The van der Waals surface area contributed by atoms with Gasteiger partial charge in [0.15, 0.2) is 11.4 Å². The Morgan fingerprint density at radius 3 is 2.50 bits per heavy atom. The van der Waals surface area contributed by atoms with Gasteiger partial charge in [-0.15, -0.1) is 6.42 Å². The summed E-state index contributed by atoms with van der Waals surface area (Å²) in [5.74, 6) is 2.55. The average Bonchev–Trinajstić information content (AvgIpc) is 3.62. The smallest absolute Gasteiger partial charge is 0.298 e. The van der Waals surface area contributed by atoms with Crippen LogP contribution in [0.2, 0.25) is 0 Å². The van der Waals surface area contributed by atoms with Crippen molar-refractivity contribution in [3.8, 4) is 23.8 Å². The summed E-state index contributed by atoms with van der Waals surface area (Å²) in [6.45, 7) is 5.76. The molecule has 0 atom stereocenters. The van der Waals surface area contributed by atoms with Crippen molar-refractivity contribution in [2.45, 2.75) is 31.3 Å². The van der Waals surface area contributed by atoms with Gasteiger partial charge in [0.1, 0.15) is 21.8 Å². The zero-order valence-corrected chi connectivity index (χ0v) is 24.5. The number of nitrogens with one attached hydrogen (secondary N) is 1. The number of anilines is 1. The largest absolute Gasteiger partial charge is 0.496 e. The fourth-order valence-electron chi connectivity index (χ4n) is 4.97. The third-order valence-corrected chi connectivity index (χ3v) is 8.56. The molecule has 1 aliphatic rings. The van der Waals surface area contributed by atoms with Gasteiger partial charge in [-0.3, -0.25) is 19.1 Å². The predicted octanol–water partition coefficient (Wildman–Crippen LogP) is 2.73. The molecule has 0 aliphatic carbocycles. The molecule has 0 spiro atoms. The van der Waals surface area contributed by atoms with Gasteiger partial charge in [-0.05, 0) is 47.7 Å². The van der Waals surface area contributed by atoms with Crippen LogP contribution >= 0.6 is 0 Å². The van der Waals surface area contributed by atoms with E-state index in [0.717, 1.165) is 29.8 Å². The number of amides is 1. The first-order chi connectivity index (χ1) is 20.2. The molecular weight excluding hydrogens is 560 g/mol. The predicted molar refractivity (Wildman–Crippen MR) is 156 cm³/mol. The third kappa shape index (κ3) is 6.05. The fourth-order valence-corrected chi connectivity index (χ4v) is 6.19. The number of ether oxygens (including phenoxy) is 2. The minimum Gasteiger partial charge on any atom is -0.496 e. The van der Waals surface area contributed by atoms with Crippen LogP contribution in [0.15, 0.2) is 52.1 Å². The van der Waals surface area contributed by atoms with E-state index < -0.39 is 10.0 Å². The fraction of sp³-hybridized carbons (Fsp3) is 0.345. The number of hydrogen-bond donors (Lipinski definition) is 1. The quantitative estimate of drug-likeness (QED) is 0.276. The first-order valence-corrected chi connectivity index (χ1v) is 14.9. The number of fused-ring (bicyclic) bond motifs is 1. The number of methoxy groups -OCH3 is 2. The van der Waals surface area contributed by atoms with Crippen molar-refractivity contribution < 1.29 is 27.2 Å². The molecule has 4 aromatic rings. The van der Waals surface area contributed by atoms with Crippen LogP contribution < -0.4 is 14.2 Å². The molecule has 1 fully saturated rings. The summed E-state index contributed by atoms with van der Waals surface area (Å²) < 4.78 is 47.5. The molecular formula is C29H32N6O6S. The molecule has 0 unspecified atom stereocenters. The van der Waals surface area contributed by atoms with Crippen molar-refractivity contribution in [1.29, 1.82) is 0 Å². The molecule has 220 valence electrons. The van der Waals surface area contributed by atoms with Crippen molar-refractivity contribution in [3.63, 3.8) is 0 Å². The molecule has 12 nitrogen and oxygen atoms in total. The lowest BCUT2D eigenvalue weighted by molar-refractivity contribution is -0.126. The number of piperazine rings is 1. The SMILES string of the molecule is C#CC(=O)N1CCN(Cc2cnn(Cc3cc(OC)c4c(NS(=O)(=O)c5cc(CC)ccc5OC)noc4c3)c2)CC1. The van der Waals surface area contributed by atoms with Crippen molar-refractivity contribution in [2.75, 3.05) is 45.1 Å². The van der Waals surface area contributed by atoms with Gasteiger partial charge in [0.05, 0.1) is 27.0 Å². The van der Waals surface area contributed by atoms with Gasteiger partial charge in [0.25, 0.3) is 15.9 Å². The highest BCUT2D eigenvalue weighted by atomic mass is 32.2. The van der Waals surface area contributed by atoms with Crippen LogP contribution in [0.25, 0.3) is 11.0 Å². The Balaban J connectivity index is 1.31. The lowest BCUT2D eigenvalue weighted by Gasteiger charge is -2.33. The summed E-state index contributed by atoms with van der Waals surface area (Å²) in [5, 5.41) is 8.90. The topological polar surface area (TPSA) is 132 Å². The van der Waals surface area contributed by atoms with Gasteiger partial charge in [-0.1, -0.05) is 18.1 Å². The minimum atomic E-state index is -4.05. The van der Waals surface area contributed by atoms with Crippen molar-refractivity contribution in [3.05, 3.63) is 59.4 Å². The lowest BCUT2D eigenvalue weighted by Crippen LogP contribution is -2.47. The molecule has 2 aromatic carbocycles. The van der Waals surface area contributed by atoms with E-state index in [0.29, 0.717) is 49.3 Å². The molecule has 0 radical (unpaired) electrons. The molecule has 5 rings (SSSR count). The molecule has 13 heteroatoms. The van der Waals surface area contributed by atoms with Crippen molar-refractivity contribution in [2.24, 2.45) is 0 Å². The highest BCUT2D eigenvalue weighted by molar-refractivity contribution is 7.92. The van der Waals surface area contributed by atoms with E-state index >= 15 is 0 Å². The molecule has 42 heavy (non-hydrogen) atoms. The van der Waals surface area contributed by atoms with E-state index in [1.807, 2.05) is 25.4 Å². The van der Waals surface area contributed by atoms with Gasteiger partial charge < -0.3 is 18.9 Å². The number of benzene rings is 2. The monoisotopic (exact) mass is 592 g/mol. The zero-order valence-electron chi connectivity index (χ0n) is 23.7. The molecule has 1 amide bonds. The Bertz CT molecular complexity index is 1750. The number of hydrogen-bond acceptors (Lipinski definition) is 9. The van der Waals surface area contributed by atoms with E-state index in [9.17, 15) is 13.2 Å². The summed E-state index contributed by atoms with van der Waals surface area (Å²) in [6, 6.07) is 8.62. The first kappa shape index (κ1) is 29.0. The Hall–Kier alpha value is -4.54. The Morgan fingerprint density at radius 2 is 1.81 bits per heavy atom. The highest BCUT2D eigenvalue weighted by Crippen LogP contribution is 2.36. The van der Waals surface area contributed by atoms with Crippen LogP contribution in [0.4, 0.5) is 5.82 Å². The van der Waals surface area contributed by atoms with Gasteiger partial charge in [-0.2, -0.15) is 5.10 Å². The molecule has 3 heterocycles. The van der Waals surface area contributed by atoms with Gasteiger partial charge in [0.2, 0.25) is 0 Å². The summed E-state index contributed by atoms with van der Waals surface area (Å²) >= 11 is 0. The third-order valence-electron chi connectivity index (χ3n) is 7.20. The summed E-state index contributed by atoms with van der Waals surface area (Å²) in [4.78, 5) is 15.7. The standard InChI is InChI=1S/C29H32N6O6S/c1-5-20-7-8-23(39-3)26(15-20)42(37,38)32-29-28-24(40-4)13-21(14-25(28)41-31-29)18-35-19-22(16-30-35)17-33-9-11-34(12-10-33)27(36)6-2/h2,7-8,13-16,19H,5,9-12,17-18H2,1,3-4H3,(H,31,32). The number of carbonyl (C=O) groups is 1. The average molecular weight is 593 g/mol. The number of rotatable bonds is 10. The van der Waals surface area contributed by atoms with E-state index in [1.54, 1.807) is 33.8 Å². The van der Waals surface area contributed by atoms with Gasteiger partial charge >= 0.3 is 0 Å². The second-order valence-corrected chi connectivity index (χ2v) is 11.6. The second-order valence-electron chi connectivity index (χ2n) is 9.91. The molecule has 2 aromatic heterocycles. The first-order valence-electron chi connectivity index (χ1n) is 13.4. The molecule has 1 aliphatic heterocycles. The maximum Gasteiger partial charge on any atom is 0.298 e. The summed E-state index contributed by atoms with van der Waals surface area (Å²) in [6.07, 6.45) is 9.68. The highest BCUT2D eigenvalue weighted by Gasteiger charge is 2.25. The van der Waals surface area contributed by atoms with E-state index in [1.165, 1.54) is 14.2 Å². The Kier molecular flexibility index (Phi) is 8.37. The van der Waals surface area contributed by atoms with Crippen LogP contribution in [-0.2, 0) is 34.3 Å². The van der Waals surface area contributed by atoms with Crippen LogP contribution in [0.3, 0.4) is 0 Å². The second kappa shape index (κ2) is 12.1. The number of aryl methyl sites for hydroxylation is 1. The maximum absolute atomic E-state index is 13.4. The van der Waals surface area contributed by atoms with Crippen LogP contribution in [0.5, 0.6) is 11.5 Å². The number of aromatic nitrogens is 3. The molecule has 1 N–H and O–H groups in total. The summed E-state index contributed by atoms with van der Waals surface area (Å²) in [7, 11) is -1.13. The van der Waals surface area contributed by atoms with Crippen molar-refractivity contribution >= 4 is 32.7 Å². The maximum atomic E-state index is 13.4. The normalized spacial score (nSPS) is 14.1. The van der Waals surface area contributed by atoms with Crippen LogP contribution in [0, 0.1) is 12.3 Å².